The number of hydrogen-bond acceptors (Lipinski definition) is 28. The van der Waals surface area contributed by atoms with Crippen LogP contribution in [-0.4, -0.2) is 176 Å². The number of aliphatic hydroxyl groups is 4. The Morgan fingerprint density at radius 2 is 0.853 bits per heavy atom. The third-order valence-electron chi connectivity index (χ3n) is 10.9. The van der Waals surface area contributed by atoms with Crippen molar-refractivity contribution in [2.45, 2.75) is 73.6 Å². The van der Waals surface area contributed by atoms with Crippen molar-refractivity contribution in [1.82, 2.24) is 58.6 Å². The third kappa shape index (κ3) is 9.17. The van der Waals surface area contributed by atoms with E-state index in [4.69, 9.17) is 54.0 Å². The van der Waals surface area contributed by atoms with Crippen LogP contribution < -0.4 is 17.2 Å². The zero-order valence-corrected chi connectivity index (χ0v) is 37.2. The molecule has 3 fully saturated rings. The predicted molar refractivity (Wildman–Crippen MR) is 219 cm³/mol. The molecule has 37 heteroatoms. The zero-order valence-electron chi connectivity index (χ0n) is 34.5. The van der Waals surface area contributed by atoms with E-state index in [0.29, 0.717) is 0 Å². The standard InChI is InChI=1S/C31H40N15O19P3/c1-57-66(51,52)58-3-12-18(48)21(30(62-12)45-9-42-15-24(33)36-6-39-27(15)45)65-68(55,56)60-4-13-19(49)22(31(63-13)46-10-43-16-25(34)37-7-40-28(16)46)64-67(53,54)59-2-11-17(47)20(50)29(61-11)44-8-41-14-23(32)35-5-38-26(14)44/h5-13,17-22,29-31,47-50H,2-4H2,1H3,(H,51,52)(H,53,54)(H,55,56)(H2,32,35,38)(H2,33,36,39)(H2,34,37,40). The first kappa shape index (κ1) is 48.1. The molecule has 15 atom stereocenters. The Morgan fingerprint density at radius 3 is 1.24 bits per heavy atom. The van der Waals surface area contributed by atoms with E-state index in [1.54, 1.807) is 0 Å². The fraction of sp³-hybridized carbons (Fsp3) is 0.516. The van der Waals surface area contributed by atoms with E-state index in [9.17, 15) is 48.8 Å². The van der Waals surface area contributed by atoms with Gasteiger partial charge in [-0.1, -0.05) is 0 Å². The normalized spacial score (nSPS) is 31.4. The van der Waals surface area contributed by atoms with Crippen molar-refractivity contribution in [3.8, 4) is 0 Å². The Bertz CT molecular complexity index is 2970. The topological polar surface area (TPSA) is 485 Å². The number of rotatable bonds is 17. The van der Waals surface area contributed by atoms with Gasteiger partial charge >= 0.3 is 23.5 Å². The van der Waals surface area contributed by atoms with E-state index >= 15 is 0 Å². The molecule has 0 amide bonds. The summed E-state index contributed by atoms with van der Waals surface area (Å²) in [4.78, 5) is 68.1. The summed E-state index contributed by atoms with van der Waals surface area (Å²) in [5, 5.41) is 44.6. The smallest absolute Gasteiger partial charge is 0.387 e. The monoisotopic (exact) mass is 1020 g/mol. The summed E-state index contributed by atoms with van der Waals surface area (Å²) in [6, 6.07) is 0. The molecule has 0 saturated carbocycles. The minimum atomic E-state index is -5.41. The van der Waals surface area contributed by atoms with Crippen LogP contribution in [0.3, 0.4) is 0 Å². The molecule has 6 aromatic heterocycles. The number of aliphatic hydroxyl groups excluding tert-OH is 4. The highest BCUT2D eigenvalue weighted by Gasteiger charge is 2.53. The molecule has 368 valence electrons. The van der Waals surface area contributed by atoms with Crippen molar-refractivity contribution in [3.63, 3.8) is 0 Å². The fourth-order valence-electron chi connectivity index (χ4n) is 7.58. The van der Waals surface area contributed by atoms with Crippen molar-refractivity contribution >= 4 is 74.4 Å². The Kier molecular flexibility index (Phi) is 13.1. The maximum absolute atomic E-state index is 13.7. The average molecular weight is 1020 g/mol. The molecule has 13 N–H and O–H groups in total. The zero-order chi connectivity index (χ0) is 48.4. The molecule has 0 bridgehead atoms. The maximum atomic E-state index is 13.7. The number of phosphoric ester groups is 3. The molecule has 0 spiro atoms. The molecule has 6 aromatic rings. The fourth-order valence-corrected chi connectivity index (χ4v) is 9.88. The van der Waals surface area contributed by atoms with Gasteiger partial charge in [-0.05, 0) is 0 Å². The highest BCUT2D eigenvalue weighted by Crippen LogP contribution is 2.53. The first-order valence-electron chi connectivity index (χ1n) is 19.6. The Hall–Kier alpha value is -4.90. The van der Waals surface area contributed by atoms with Crippen molar-refractivity contribution in [2.75, 3.05) is 44.1 Å². The summed E-state index contributed by atoms with van der Waals surface area (Å²) >= 11 is 0. The van der Waals surface area contributed by atoms with Crippen LogP contribution >= 0.6 is 23.5 Å². The lowest BCUT2D eigenvalue weighted by atomic mass is 10.1. The summed E-state index contributed by atoms with van der Waals surface area (Å²) in [6.45, 7) is -2.69. The molecule has 0 aliphatic carbocycles. The molecule has 3 aliphatic rings. The van der Waals surface area contributed by atoms with Gasteiger partial charge in [-0.2, -0.15) is 0 Å². The van der Waals surface area contributed by atoms with E-state index in [2.05, 4.69) is 49.4 Å². The van der Waals surface area contributed by atoms with E-state index < -0.39 is 117 Å². The molecule has 9 rings (SSSR count). The van der Waals surface area contributed by atoms with Crippen molar-refractivity contribution in [2.24, 2.45) is 0 Å². The van der Waals surface area contributed by atoms with Crippen LogP contribution in [0.2, 0.25) is 0 Å². The predicted octanol–water partition coefficient (Wildman–Crippen LogP) is -2.84. The summed E-state index contributed by atoms with van der Waals surface area (Å²) in [7, 11) is -14.5. The van der Waals surface area contributed by atoms with Crippen LogP contribution in [0.25, 0.3) is 33.5 Å². The van der Waals surface area contributed by atoms with Gasteiger partial charge in [0.1, 0.15) is 90.5 Å². The largest absolute Gasteiger partial charge is 0.472 e. The minimum absolute atomic E-state index is 0.0156. The van der Waals surface area contributed by atoms with Gasteiger partial charge in [0.15, 0.2) is 53.1 Å². The summed E-state index contributed by atoms with van der Waals surface area (Å²) in [5.41, 5.74) is 18.2. The quantitative estimate of drug-likeness (QED) is 0.0411. The van der Waals surface area contributed by atoms with Gasteiger partial charge in [0.05, 0.1) is 38.8 Å². The number of fused-ring (bicyclic) bond motifs is 3. The first-order chi connectivity index (χ1) is 32.3. The van der Waals surface area contributed by atoms with Gasteiger partial charge in [-0.3, -0.25) is 40.8 Å². The average Bonchev–Trinajstić information content (AvgIpc) is 4.16. The second kappa shape index (κ2) is 18.4. The van der Waals surface area contributed by atoms with Crippen LogP contribution in [0, 0.1) is 0 Å². The summed E-state index contributed by atoms with van der Waals surface area (Å²) < 4.78 is 91.2. The van der Waals surface area contributed by atoms with Crippen LogP contribution in [0.1, 0.15) is 18.7 Å². The molecule has 3 saturated heterocycles. The van der Waals surface area contributed by atoms with Gasteiger partial charge in [-0.15, -0.1) is 0 Å². The number of nitrogens with two attached hydrogens (primary N) is 3. The van der Waals surface area contributed by atoms with Gasteiger partial charge < -0.3 is 66.5 Å². The maximum Gasteiger partial charge on any atom is 0.472 e. The van der Waals surface area contributed by atoms with E-state index in [1.165, 1.54) is 15.5 Å². The van der Waals surface area contributed by atoms with E-state index in [1.807, 2.05) is 0 Å². The Morgan fingerprint density at radius 1 is 0.515 bits per heavy atom. The molecule has 0 aromatic carbocycles. The lowest BCUT2D eigenvalue weighted by Gasteiger charge is -2.25. The molecule has 68 heavy (non-hydrogen) atoms. The third-order valence-corrected chi connectivity index (χ3v) is 13.8. The highest BCUT2D eigenvalue weighted by molar-refractivity contribution is 7.47. The number of nitrogen functional groups attached to an aromatic ring is 3. The van der Waals surface area contributed by atoms with Crippen molar-refractivity contribution < 1.29 is 90.2 Å². The first-order valence-corrected chi connectivity index (χ1v) is 24.1. The molecule has 0 radical (unpaired) electrons. The molecule has 34 nitrogen and oxygen atoms in total. The lowest BCUT2D eigenvalue weighted by Crippen LogP contribution is -2.37. The van der Waals surface area contributed by atoms with Crippen molar-refractivity contribution in [3.05, 3.63) is 38.0 Å². The highest BCUT2D eigenvalue weighted by atomic mass is 31.2. The van der Waals surface area contributed by atoms with Gasteiger partial charge in [-0.25, -0.2) is 58.6 Å². The molecular weight excluding hydrogens is 979 g/mol. The Balaban J connectivity index is 0.918. The lowest BCUT2D eigenvalue weighted by molar-refractivity contribution is -0.0644. The molecule has 15 unspecified atom stereocenters. The second-order valence-corrected chi connectivity index (χ2v) is 19.4. The van der Waals surface area contributed by atoms with Crippen LogP contribution in [0.5, 0.6) is 0 Å². The second-order valence-electron chi connectivity index (χ2n) is 15.0. The number of ether oxygens (including phenoxy) is 3. The molecule has 9 heterocycles. The molecular formula is C31H40N15O19P3. The summed E-state index contributed by atoms with van der Waals surface area (Å²) in [6.07, 6.45) is -13.4. The van der Waals surface area contributed by atoms with E-state index in [0.717, 1.165) is 43.3 Å². The van der Waals surface area contributed by atoms with Crippen molar-refractivity contribution in [1.29, 1.82) is 0 Å². The number of phosphoric acid groups is 3. The number of anilines is 3. The molecule has 3 aliphatic heterocycles. The number of nitrogens with zero attached hydrogens (tertiary/aromatic N) is 12. The van der Waals surface area contributed by atoms with Crippen LogP contribution in [0.15, 0.2) is 38.0 Å². The van der Waals surface area contributed by atoms with Crippen LogP contribution in [0.4, 0.5) is 17.5 Å². The minimum Gasteiger partial charge on any atom is -0.387 e. The number of aromatic nitrogens is 12. The number of imidazole rings is 3. The summed E-state index contributed by atoms with van der Waals surface area (Å²) in [5.74, 6) is -0.106. The van der Waals surface area contributed by atoms with Gasteiger partial charge in [0.25, 0.3) is 0 Å². The SMILES string of the molecule is COP(=O)(O)OCC1OC(n2cnc3c(N)ncnc32)C(OP(=O)(O)OCC2OC(n3cnc4c(N)ncnc43)C(OP(=O)(O)OCC3OC(n4cnc5c(N)ncnc54)C(O)C3O)C2O)C1O. The van der Waals surface area contributed by atoms with Crippen LogP contribution in [-0.2, 0) is 55.0 Å². The van der Waals surface area contributed by atoms with Gasteiger partial charge in [0, 0.05) is 7.11 Å². The Labute approximate surface area is 378 Å². The number of hydrogen-bond donors (Lipinski definition) is 10. The van der Waals surface area contributed by atoms with E-state index in [-0.39, 0.29) is 50.9 Å². The van der Waals surface area contributed by atoms with Gasteiger partial charge in [0.2, 0.25) is 0 Å².